The van der Waals surface area contributed by atoms with Crippen molar-refractivity contribution < 1.29 is 9.18 Å². The highest BCUT2D eigenvalue weighted by Crippen LogP contribution is 2.28. The molecule has 0 aliphatic carbocycles. The van der Waals surface area contributed by atoms with Gasteiger partial charge in [-0.3, -0.25) is 9.78 Å². The molecule has 0 atom stereocenters. The van der Waals surface area contributed by atoms with Crippen molar-refractivity contribution in [1.29, 1.82) is 0 Å². The average Bonchev–Trinajstić information content (AvgIpc) is 3.04. The maximum atomic E-state index is 13.4. The van der Waals surface area contributed by atoms with Gasteiger partial charge in [-0.05, 0) is 42.5 Å². The number of hydrogen-bond donors (Lipinski definition) is 3. The average molecular weight is 425 g/mol. The standard InChI is InChI=1S/C20H14BrFN4O/c21-12-4-5-17-16(8-12)19(11-24-17)26-20(27)15-6-7-23-10-18(15)25-14-3-1-2-13(22)9-14/h1-11,24-25H,(H,26,27). The molecule has 7 heteroatoms. The predicted molar refractivity (Wildman–Crippen MR) is 108 cm³/mol. The van der Waals surface area contributed by atoms with E-state index in [1.54, 1.807) is 24.4 Å². The first-order chi connectivity index (χ1) is 13.1. The molecular weight excluding hydrogens is 411 g/mol. The highest BCUT2D eigenvalue weighted by Gasteiger charge is 2.14. The maximum absolute atomic E-state index is 13.4. The van der Waals surface area contributed by atoms with Gasteiger partial charge >= 0.3 is 0 Å². The molecule has 4 aromatic rings. The minimum absolute atomic E-state index is 0.294. The molecule has 2 aromatic carbocycles. The Morgan fingerprint density at radius 2 is 2.00 bits per heavy atom. The summed E-state index contributed by atoms with van der Waals surface area (Å²) in [6.07, 6.45) is 4.82. The second-order valence-corrected chi connectivity index (χ2v) is 6.82. The molecule has 0 spiro atoms. The second kappa shape index (κ2) is 7.20. The van der Waals surface area contributed by atoms with E-state index >= 15 is 0 Å². The van der Waals surface area contributed by atoms with E-state index in [2.05, 4.69) is 36.5 Å². The zero-order chi connectivity index (χ0) is 18.8. The molecule has 2 heterocycles. The van der Waals surface area contributed by atoms with Gasteiger partial charge in [-0.1, -0.05) is 22.0 Å². The Bertz CT molecular complexity index is 1140. The molecule has 4 rings (SSSR count). The van der Waals surface area contributed by atoms with Crippen LogP contribution in [0.3, 0.4) is 0 Å². The number of halogens is 2. The van der Waals surface area contributed by atoms with E-state index < -0.39 is 0 Å². The first kappa shape index (κ1) is 17.2. The van der Waals surface area contributed by atoms with Crippen LogP contribution in [0.25, 0.3) is 10.9 Å². The van der Waals surface area contributed by atoms with E-state index in [1.807, 2.05) is 18.2 Å². The summed E-state index contributed by atoms with van der Waals surface area (Å²) in [6.45, 7) is 0. The number of benzene rings is 2. The Labute approximate surface area is 162 Å². The van der Waals surface area contributed by atoms with Crippen LogP contribution in [-0.2, 0) is 0 Å². The SMILES string of the molecule is O=C(Nc1c[nH]c2ccc(Br)cc12)c1ccncc1Nc1cccc(F)c1. The van der Waals surface area contributed by atoms with Crippen LogP contribution in [0.15, 0.2) is 71.6 Å². The fourth-order valence-electron chi connectivity index (χ4n) is 2.80. The Kier molecular flexibility index (Phi) is 4.60. The summed E-state index contributed by atoms with van der Waals surface area (Å²) < 4.78 is 14.3. The number of nitrogens with zero attached hydrogens (tertiary/aromatic N) is 1. The van der Waals surface area contributed by atoms with Crippen molar-refractivity contribution in [1.82, 2.24) is 9.97 Å². The lowest BCUT2D eigenvalue weighted by atomic mass is 10.2. The fraction of sp³-hybridized carbons (Fsp3) is 0. The molecule has 27 heavy (non-hydrogen) atoms. The third-order valence-electron chi connectivity index (χ3n) is 4.06. The van der Waals surface area contributed by atoms with Crippen LogP contribution in [0.5, 0.6) is 0 Å². The number of aromatic amines is 1. The first-order valence-electron chi connectivity index (χ1n) is 8.15. The summed E-state index contributed by atoms with van der Waals surface area (Å²) in [5, 5.41) is 6.85. The summed E-state index contributed by atoms with van der Waals surface area (Å²) in [5.74, 6) is -0.656. The van der Waals surface area contributed by atoms with E-state index in [9.17, 15) is 9.18 Å². The topological polar surface area (TPSA) is 69.8 Å². The summed E-state index contributed by atoms with van der Waals surface area (Å²) in [7, 11) is 0. The van der Waals surface area contributed by atoms with Crippen molar-refractivity contribution >= 4 is 49.8 Å². The number of hydrogen-bond acceptors (Lipinski definition) is 3. The zero-order valence-corrected chi connectivity index (χ0v) is 15.5. The van der Waals surface area contributed by atoms with Gasteiger partial charge in [-0.25, -0.2) is 4.39 Å². The summed E-state index contributed by atoms with van der Waals surface area (Å²) >= 11 is 3.44. The molecule has 134 valence electrons. The molecule has 0 bridgehead atoms. The number of pyridine rings is 1. The third-order valence-corrected chi connectivity index (χ3v) is 4.55. The number of carbonyl (C=O) groups excluding carboxylic acids is 1. The lowest BCUT2D eigenvalue weighted by molar-refractivity contribution is 0.102. The van der Waals surface area contributed by atoms with Gasteiger partial charge in [0.1, 0.15) is 5.82 Å². The van der Waals surface area contributed by atoms with Crippen molar-refractivity contribution in [2.45, 2.75) is 0 Å². The van der Waals surface area contributed by atoms with Crippen molar-refractivity contribution in [2.24, 2.45) is 0 Å². The van der Waals surface area contributed by atoms with Gasteiger partial charge in [0, 0.05) is 33.5 Å². The lowest BCUT2D eigenvalue weighted by Crippen LogP contribution is -2.14. The van der Waals surface area contributed by atoms with Crippen molar-refractivity contribution in [3.05, 3.63) is 83.0 Å². The minimum atomic E-state index is -0.362. The molecule has 0 radical (unpaired) electrons. The molecule has 2 aromatic heterocycles. The molecule has 1 amide bonds. The molecule has 0 aliphatic heterocycles. The summed E-state index contributed by atoms with van der Waals surface area (Å²) in [5.41, 5.74) is 3.01. The van der Waals surface area contributed by atoms with Gasteiger partial charge < -0.3 is 15.6 Å². The van der Waals surface area contributed by atoms with E-state index in [0.29, 0.717) is 22.6 Å². The van der Waals surface area contributed by atoms with Crippen molar-refractivity contribution in [3.63, 3.8) is 0 Å². The van der Waals surface area contributed by atoms with Crippen molar-refractivity contribution in [3.8, 4) is 0 Å². The van der Waals surface area contributed by atoms with Gasteiger partial charge in [-0.2, -0.15) is 0 Å². The zero-order valence-electron chi connectivity index (χ0n) is 14.0. The van der Waals surface area contributed by atoms with Crippen LogP contribution < -0.4 is 10.6 Å². The van der Waals surface area contributed by atoms with E-state index in [0.717, 1.165) is 15.4 Å². The van der Waals surface area contributed by atoms with Crippen LogP contribution in [0.4, 0.5) is 21.5 Å². The largest absolute Gasteiger partial charge is 0.359 e. The number of aromatic nitrogens is 2. The smallest absolute Gasteiger partial charge is 0.257 e. The molecule has 0 unspecified atom stereocenters. The lowest BCUT2D eigenvalue weighted by Gasteiger charge is -2.11. The Balaban J connectivity index is 1.63. The van der Waals surface area contributed by atoms with Gasteiger partial charge in [0.15, 0.2) is 0 Å². The quantitative estimate of drug-likeness (QED) is 0.407. The minimum Gasteiger partial charge on any atom is -0.359 e. The van der Waals surface area contributed by atoms with E-state index in [1.165, 1.54) is 24.5 Å². The van der Waals surface area contributed by atoms with E-state index in [-0.39, 0.29) is 11.7 Å². The number of amides is 1. The van der Waals surface area contributed by atoms with Gasteiger partial charge in [0.05, 0.1) is 23.1 Å². The number of H-pyrrole nitrogens is 1. The first-order valence-corrected chi connectivity index (χ1v) is 8.94. The number of anilines is 3. The van der Waals surface area contributed by atoms with Crippen LogP contribution in [0.2, 0.25) is 0 Å². The Morgan fingerprint density at radius 1 is 1.11 bits per heavy atom. The Hall–Kier alpha value is -3.19. The number of rotatable bonds is 4. The molecule has 0 fully saturated rings. The van der Waals surface area contributed by atoms with Gasteiger partial charge in [0.25, 0.3) is 5.91 Å². The van der Waals surface area contributed by atoms with Gasteiger partial charge in [-0.15, -0.1) is 0 Å². The van der Waals surface area contributed by atoms with Crippen LogP contribution >= 0.6 is 15.9 Å². The molecule has 5 nitrogen and oxygen atoms in total. The second-order valence-electron chi connectivity index (χ2n) is 5.90. The molecule has 0 aliphatic rings. The summed E-state index contributed by atoms with van der Waals surface area (Å²) in [6, 6.07) is 13.4. The normalized spacial score (nSPS) is 10.7. The van der Waals surface area contributed by atoms with Gasteiger partial charge in [0.2, 0.25) is 0 Å². The van der Waals surface area contributed by atoms with Crippen LogP contribution in [0, 0.1) is 5.82 Å². The highest BCUT2D eigenvalue weighted by atomic mass is 79.9. The van der Waals surface area contributed by atoms with Crippen LogP contribution in [0.1, 0.15) is 10.4 Å². The molecule has 0 saturated carbocycles. The third kappa shape index (κ3) is 3.68. The van der Waals surface area contributed by atoms with Crippen LogP contribution in [-0.4, -0.2) is 15.9 Å². The van der Waals surface area contributed by atoms with E-state index in [4.69, 9.17) is 0 Å². The van der Waals surface area contributed by atoms with Crippen molar-refractivity contribution in [2.75, 3.05) is 10.6 Å². The molecule has 3 N–H and O–H groups in total. The Morgan fingerprint density at radius 3 is 2.85 bits per heavy atom. The molecule has 0 saturated heterocycles. The number of fused-ring (bicyclic) bond motifs is 1. The predicted octanol–water partition coefficient (Wildman–Crippen LogP) is 5.46. The number of carbonyl (C=O) groups is 1. The number of nitrogens with one attached hydrogen (secondary N) is 3. The fourth-order valence-corrected chi connectivity index (χ4v) is 3.16. The molecular formula is C20H14BrFN4O. The summed E-state index contributed by atoms with van der Waals surface area (Å²) in [4.78, 5) is 20.0. The monoisotopic (exact) mass is 424 g/mol. The highest BCUT2D eigenvalue weighted by molar-refractivity contribution is 9.10. The maximum Gasteiger partial charge on any atom is 0.257 e.